The summed E-state index contributed by atoms with van der Waals surface area (Å²) < 4.78 is 5.36. The number of ether oxygens (including phenoxy) is 1. The van der Waals surface area contributed by atoms with Crippen molar-refractivity contribution in [2.75, 3.05) is 26.2 Å². The molecule has 2 saturated heterocycles. The van der Waals surface area contributed by atoms with E-state index in [1.807, 2.05) is 19.2 Å². The molecule has 5 nitrogen and oxygen atoms in total. The third-order valence-corrected chi connectivity index (χ3v) is 4.53. The average Bonchev–Trinajstić information content (AvgIpc) is 2.89. The highest BCUT2D eigenvalue weighted by Crippen LogP contribution is 2.37. The number of likely N-dealkylation sites (tertiary alicyclic amines) is 1. The number of carbonyl (C=O) groups is 1. The number of rotatable bonds is 4. The van der Waals surface area contributed by atoms with Crippen molar-refractivity contribution in [1.82, 2.24) is 15.2 Å². The molecule has 2 fully saturated rings. The Kier molecular flexibility index (Phi) is 4.10. The smallest absolute Gasteiger partial charge is 0.227 e. The maximum Gasteiger partial charge on any atom is 0.227 e. The lowest BCUT2D eigenvalue weighted by Crippen LogP contribution is -2.47. The average molecular weight is 289 g/mol. The van der Waals surface area contributed by atoms with Gasteiger partial charge in [0.1, 0.15) is 0 Å². The third kappa shape index (κ3) is 3.02. The van der Waals surface area contributed by atoms with E-state index in [0.29, 0.717) is 12.5 Å². The Morgan fingerprint density at radius 1 is 1.43 bits per heavy atom. The molecule has 0 aliphatic carbocycles. The Bertz CT molecular complexity index is 503. The molecule has 1 spiro atoms. The maximum absolute atomic E-state index is 12.2. The lowest BCUT2D eigenvalue weighted by Gasteiger charge is -2.32. The van der Waals surface area contributed by atoms with Gasteiger partial charge < -0.3 is 10.1 Å². The van der Waals surface area contributed by atoms with Crippen LogP contribution in [-0.4, -0.2) is 42.0 Å². The number of pyridine rings is 1. The molecule has 0 aromatic carbocycles. The molecular weight excluding hydrogens is 266 g/mol. The number of hydrogen-bond donors (Lipinski definition) is 1. The van der Waals surface area contributed by atoms with E-state index in [-0.39, 0.29) is 11.3 Å². The lowest BCUT2D eigenvalue weighted by atomic mass is 9.79. The molecule has 5 heteroatoms. The molecule has 0 unspecified atom stereocenters. The number of aromatic nitrogens is 1. The second-order valence-electron chi connectivity index (χ2n) is 6.04. The zero-order valence-corrected chi connectivity index (χ0v) is 12.6. The highest BCUT2D eigenvalue weighted by molar-refractivity contribution is 5.83. The van der Waals surface area contributed by atoms with Crippen molar-refractivity contribution in [2.24, 2.45) is 5.41 Å². The van der Waals surface area contributed by atoms with Gasteiger partial charge in [-0.15, -0.1) is 0 Å². The van der Waals surface area contributed by atoms with Gasteiger partial charge >= 0.3 is 0 Å². The summed E-state index contributed by atoms with van der Waals surface area (Å²) in [4.78, 5) is 18.8. The Morgan fingerprint density at radius 2 is 2.33 bits per heavy atom. The van der Waals surface area contributed by atoms with Crippen molar-refractivity contribution in [3.05, 3.63) is 23.9 Å². The lowest BCUT2D eigenvalue weighted by molar-refractivity contribution is -0.132. The number of nitrogens with one attached hydrogen (secondary N) is 1. The molecule has 0 radical (unpaired) electrons. The zero-order valence-electron chi connectivity index (χ0n) is 12.6. The molecule has 1 N–H and O–H groups in total. The summed E-state index contributed by atoms with van der Waals surface area (Å²) in [7, 11) is 0. The van der Waals surface area contributed by atoms with E-state index in [2.05, 4.69) is 21.3 Å². The predicted octanol–water partition coefficient (Wildman–Crippen LogP) is 1.58. The third-order valence-electron chi connectivity index (χ3n) is 4.53. The highest BCUT2D eigenvalue weighted by Gasteiger charge is 2.45. The minimum absolute atomic E-state index is 0.142. The first-order valence-electron chi connectivity index (χ1n) is 7.80. The second-order valence-corrected chi connectivity index (χ2v) is 6.04. The van der Waals surface area contributed by atoms with E-state index in [9.17, 15) is 4.79 Å². The predicted molar refractivity (Wildman–Crippen MR) is 80.0 cm³/mol. The van der Waals surface area contributed by atoms with Crippen LogP contribution in [-0.2, 0) is 11.3 Å². The van der Waals surface area contributed by atoms with E-state index in [4.69, 9.17) is 4.74 Å². The van der Waals surface area contributed by atoms with Gasteiger partial charge in [0.25, 0.3) is 0 Å². The monoisotopic (exact) mass is 289 g/mol. The van der Waals surface area contributed by atoms with Crippen LogP contribution in [0.4, 0.5) is 0 Å². The number of carbonyl (C=O) groups excluding carboxylic acids is 1. The quantitative estimate of drug-likeness (QED) is 0.914. The highest BCUT2D eigenvalue weighted by atomic mass is 16.5. The molecular formula is C16H23N3O2. The fourth-order valence-corrected chi connectivity index (χ4v) is 3.41. The molecule has 1 amide bonds. The normalized spacial score (nSPS) is 26.0. The van der Waals surface area contributed by atoms with Crippen LogP contribution in [0.25, 0.3) is 0 Å². The Labute approximate surface area is 125 Å². The Morgan fingerprint density at radius 3 is 3.05 bits per heavy atom. The Balaban J connectivity index is 1.60. The van der Waals surface area contributed by atoms with E-state index < -0.39 is 0 Å². The van der Waals surface area contributed by atoms with Crippen LogP contribution >= 0.6 is 0 Å². The van der Waals surface area contributed by atoms with Crippen molar-refractivity contribution >= 4 is 5.91 Å². The summed E-state index contributed by atoms with van der Waals surface area (Å²) in [6, 6.07) is 3.97. The van der Waals surface area contributed by atoms with E-state index >= 15 is 0 Å². The number of piperidine rings is 1. The van der Waals surface area contributed by atoms with Crippen LogP contribution in [0.1, 0.15) is 31.7 Å². The first-order valence-corrected chi connectivity index (χ1v) is 7.80. The van der Waals surface area contributed by atoms with Gasteiger partial charge in [-0.3, -0.25) is 9.69 Å². The van der Waals surface area contributed by atoms with Crippen molar-refractivity contribution in [1.29, 1.82) is 0 Å². The number of amides is 1. The first kappa shape index (κ1) is 14.3. The number of nitrogens with zero attached hydrogens (tertiary/aromatic N) is 2. The molecule has 114 valence electrons. The summed E-state index contributed by atoms with van der Waals surface area (Å²) in [5.74, 6) is 0.923. The Hall–Kier alpha value is -1.62. The SMILES string of the molecule is CCOc1ccc(CN2CC[C@@]3(CCCNC3=O)C2)cn1. The van der Waals surface area contributed by atoms with Crippen molar-refractivity contribution < 1.29 is 9.53 Å². The summed E-state index contributed by atoms with van der Waals surface area (Å²) in [6.45, 7) is 6.13. The summed E-state index contributed by atoms with van der Waals surface area (Å²) in [5.41, 5.74) is 1.03. The van der Waals surface area contributed by atoms with Gasteiger partial charge in [0.05, 0.1) is 12.0 Å². The fourth-order valence-electron chi connectivity index (χ4n) is 3.41. The van der Waals surface area contributed by atoms with Crippen molar-refractivity contribution in [3.8, 4) is 5.88 Å². The van der Waals surface area contributed by atoms with Crippen LogP contribution in [0.3, 0.4) is 0 Å². The second kappa shape index (κ2) is 6.02. The van der Waals surface area contributed by atoms with Crippen LogP contribution in [0, 0.1) is 5.41 Å². The summed E-state index contributed by atoms with van der Waals surface area (Å²) >= 11 is 0. The molecule has 21 heavy (non-hydrogen) atoms. The largest absolute Gasteiger partial charge is 0.478 e. The molecule has 0 saturated carbocycles. The van der Waals surface area contributed by atoms with Gasteiger partial charge in [-0.1, -0.05) is 6.07 Å². The van der Waals surface area contributed by atoms with E-state index in [1.54, 1.807) is 0 Å². The maximum atomic E-state index is 12.2. The van der Waals surface area contributed by atoms with E-state index in [1.165, 1.54) is 5.56 Å². The molecule has 2 aliphatic rings. The molecule has 1 aromatic rings. The minimum atomic E-state index is -0.142. The summed E-state index contributed by atoms with van der Waals surface area (Å²) in [5, 5.41) is 3.03. The van der Waals surface area contributed by atoms with Gasteiger partial charge in [0, 0.05) is 31.9 Å². The van der Waals surface area contributed by atoms with Gasteiger partial charge in [-0.05, 0) is 38.3 Å². The molecule has 1 aromatic heterocycles. The van der Waals surface area contributed by atoms with Gasteiger partial charge in [-0.25, -0.2) is 4.98 Å². The topological polar surface area (TPSA) is 54.5 Å². The molecule has 2 aliphatic heterocycles. The summed E-state index contributed by atoms with van der Waals surface area (Å²) in [6.07, 6.45) is 4.97. The zero-order chi connectivity index (χ0) is 14.7. The molecule has 3 rings (SSSR count). The standard InChI is InChI=1S/C16H23N3O2/c1-2-21-14-5-4-13(10-18-14)11-19-9-7-16(12-19)6-3-8-17-15(16)20/h4-5,10H,2-3,6-9,11-12H2,1H3,(H,17,20)/t16-/m0/s1. The van der Waals surface area contributed by atoms with Crippen molar-refractivity contribution in [3.63, 3.8) is 0 Å². The first-order chi connectivity index (χ1) is 10.2. The van der Waals surface area contributed by atoms with Crippen LogP contribution in [0.5, 0.6) is 5.88 Å². The van der Waals surface area contributed by atoms with Gasteiger partial charge in [0.2, 0.25) is 11.8 Å². The molecule has 0 bridgehead atoms. The van der Waals surface area contributed by atoms with E-state index in [0.717, 1.165) is 45.4 Å². The van der Waals surface area contributed by atoms with Crippen LogP contribution < -0.4 is 10.1 Å². The number of hydrogen-bond acceptors (Lipinski definition) is 4. The van der Waals surface area contributed by atoms with Crippen LogP contribution in [0.2, 0.25) is 0 Å². The molecule has 1 atom stereocenters. The van der Waals surface area contributed by atoms with Crippen LogP contribution in [0.15, 0.2) is 18.3 Å². The molecule has 3 heterocycles. The minimum Gasteiger partial charge on any atom is -0.478 e. The van der Waals surface area contributed by atoms with Gasteiger partial charge in [0.15, 0.2) is 0 Å². The fraction of sp³-hybridized carbons (Fsp3) is 0.625. The van der Waals surface area contributed by atoms with Crippen molar-refractivity contribution in [2.45, 2.75) is 32.7 Å². The van der Waals surface area contributed by atoms with Gasteiger partial charge in [-0.2, -0.15) is 0 Å².